The van der Waals surface area contributed by atoms with Gasteiger partial charge in [-0.1, -0.05) is 29.5 Å². The number of amides is 2. The average molecular weight is 355 g/mol. The van der Waals surface area contributed by atoms with Crippen LogP contribution < -0.4 is 15.4 Å². The molecule has 0 spiro atoms. The van der Waals surface area contributed by atoms with Gasteiger partial charge in [-0.05, 0) is 30.3 Å². The first-order valence-electron chi connectivity index (χ1n) is 7.73. The van der Waals surface area contributed by atoms with Crippen LogP contribution in [0.4, 0.5) is 5.13 Å². The lowest BCUT2D eigenvalue weighted by molar-refractivity contribution is -0.116. The van der Waals surface area contributed by atoms with Crippen LogP contribution in [0.25, 0.3) is 10.2 Å². The van der Waals surface area contributed by atoms with Crippen LogP contribution >= 0.6 is 11.3 Å². The largest absolute Gasteiger partial charge is 0.497 e. The number of fused-ring (bicyclic) bond motifs is 1. The van der Waals surface area contributed by atoms with Crippen molar-refractivity contribution in [1.29, 1.82) is 0 Å². The van der Waals surface area contributed by atoms with Gasteiger partial charge >= 0.3 is 0 Å². The number of carbonyl (C=O) groups is 2. The third-order valence-corrected chi connectivity index (χ3v) is 4.45. The topological polar surface area (TPSA) is 80.3 Å². The molecule has 1 heterocycles. The summed E-state index contributed by atoms with van der Waals surface area (Å²) < 4.78 is 6.11. The highest BCUT2D eigenvalue weighted by Gasteiger charge is 2.10. The standard InChI is InChI=1S/C18H17N3O3S/c1-24-13-7-8-14-15(11-13)25-18(20-14)21-16(22)9-10-19-17(23)12-5-3-2-4-6-12/h2-8,11H,9-10H2,1H3,(H,19,23)(H,20,21,22). The van der Waals surface area contributed by atoms with E-state index in [1.807, 2.05) is 24.3 Å². The van der Waals surface area contributed by atoms with Gasteiger partial charge in [0.1, 0.15) is 5.75 Å². The van der Waals surface area contributed by atoms with Crippen molar-refractivity contribution in [3.63, 3.8) is 0 Å². The van der Waals surface area contributed by atoms with Crippen molar-refractivity contribution in [2.45, 2.75) is 6.42 Å². The highest BCUT2D eigenvalue weighted by Crippen LogP contribution is 2.29. The SMILES string of the molecule is COc1ccc2nc(NC(=O)CCNC(=O)c3ccccc3)sc2c1. The summed E-state index contributed by atoms with van der Waals surface area (Å²) in [5.41, 5.74) is 1.38. The number of thiazole rings is 1. The third kappa shape index (κ3) is 4.33. The summed E-state index contributed by atoms with van der Waals surface area (Å²) in [6.07, 6.45) is 0.178. The Morgan fingerprint density at radius 1 is 1.16 bits per heavy atom. The maximum absolute atomic E-state index is 12.0. The van der Waals surface area contributed by atoms with Crippen molar-refractivity contribution in [1.82, 2.24) is 10.3 Å². The first kappa shape index (κ1) is 16.9. The predicted molar refractivity (Wildman–Crippen MR) is 98.2 cm³/mol. The minimum absolute atomic E-state index is 0.178. The van der Waals surface area contributed by atoms with E-state index in [9.17, 15) is 9.59 Å². The lowest BCUT2D eigenvalue weighted by Gasteiger charge is -2.05. The average Bonchev–Trinajstić information content (AvgIpc) is 3.03. The van der Waals surface area contributed by atoms with Crippen molar-refractivity contribution in [3.8, 4) is 5.75 Å². The molecule has 128 valence electrons. The van der Waals surface area contributed by atoms with Gasteiger partial charge in [0.25, 0.3) is 5.91 Å². The van der Waals surface area contributed by atoms with Crippen molar-refractivity contribution in [3.05, 3.63) is 54.1 Å². The van der Waals surface area contributed by atoms with E-state index in [2.05, 4.69) is 15.6 Å². The van der Waals surface area contributed by atoms with Crippen LogP contribution in [0.15, 0.2) is 48.5 Å². The van der Waals surface area contributed by atoms with Crippen molar-refractivity contribution < 1.29 is 14.3 Å². The summed E-state index contributed by atoms with van der Waals surface area (Å²) in [7, 11) is 1.61. The molecule has 7 heteroatoms. The molecule has 6 nitrogen and oxygen atoms in total. The van der Waals surface area contributed by atoms with E-state index >= 15 is 0 Å². The second kappa shape index (κ2) is 7.76. The molecule has 2 aromatic carbocycles. The molecule has 0 aliphatic rings. The van der Waals surface area contributed by atoms with Gasteiger partial charge in [0.2, 0.25) is 5.91 Å². The Balaban J connectivity index is 1.51. The van der Waals surface area contributed by atoms with E-state index in [0.717, 1.165) is 16.0 Å². The quantitative estimate of drug-likeness (QED) is 0.712. The number of aromatic nitrogens is 1. The minimum atomic E-state index is -0.195. The molecule has 0 saturated heterocycles. The van der Waals surface area contributed by atoms with Gasteiger partial charge in [0, 0.05) is 18.5 Å². The second-order valence-corrected chi connectivity index (χ2v) is 6.30. The first-order chi connectivity index (χ1) is 12.2. The van der Waals surface area contributed by atoms with Gasteiger partial charge in [0.05, 0.1) is 17.3 Å². The number of benzene rings is 2. The summed E-state index contributed by atoms with van der Waals surface area (Å²) >= 11 is 1.38. The maximum Gasteiger partial charge on any atom is 0.251 e. The Hall–Kier alpha value is -2.93. The maximum atomic E-state index is 12.0. The number of ether oxygens (including phenoxy) is 1. The van der Waals surface area contributed by atoms with E-state index < -0.39 is 0 Å². The molecule has 0 bridgehead atoms. The summed E-state index contributed by atoms with van der Waals surface area (Å²) in [4.78, 5) is 28.3. The molecule has 0 atom stereocenters. The number of carbonyl (C=O) groups excluding carboxylic acids is 2. The highest BCUT2D eigenvalue weighted by atomic mass is 32.1. The van der Waals surface area contributed by atoms with E-state index in [1.54, 1.807) is 31.4 Å². The Morgan fingerprint density at radius 3 is 2.72 bits per heavy atom. The van der Waals surface area contributed by atoms with Gasteiger partial charge < -0.3 is 15.4 Å². The van der Waals surface area contributed by atoms with Gasteiger partial charge in [0.15, 0.2) is 5.13 Å². The Kier molecular flexibility index (Phi) is 5.25. The number of rotatable bonds is 6. The number of hydrogen-bond donors (Lipinski definition) is 2. The molecule has 1 aromatic heterocycles. The molecule has 3 rings (SSSR count). The monoisotopic (exact) mass is 355 g/mol. The highest BCUT2D eigenvalue weighted by molar-refractivity contribution is 7.22. The van der Waals surface area contributed by atoms with E-state index in [0.29, 0.717) is 10.7 Å². The molecule has 0 unspecified atom stereocenters. The molecule has 3 aromatic rings. The molecule has 2 amide bonds. The summed E-state index contributed by atoms with van der Waals surface area (Å²) in [5, 5.41) is 6.01. The van der Waals surface area contributed by atoms with Crippen LogP contribution in [0.3, 0.4) is 0 Å². The van der Waals surface area contributed by atoms with Gasteiger partial charge in [-0.2, -0.15) is 0 Å². The van der Waals surface area contributed by atoms with Crippen LogP contribution in [-0.4, -0.2) is 30.5 Å². The lowest BCUT2D eigenvalue weighted by atomic mass is 10.2. The van der Waals surface area contributed by atoms with Crippen LogP contribution in [-0.2, 0) is 4.79 Å². The molecule has 0 aliphatic heterocycles. The summed E-state index contributed by atoms with van der Waals surface area (Å²) in [6, 6.07) is 14.4. The predicted octanol–water partition coefficient (Wildman–Crippen LogP) is 3.06. The fourth-order valence-corrected chi connectivity index (χ4v) is 3.16. The van der Waals surface area contributed by atoms with E-state index in [-0.39, 0.29) is 24.8 Å². The number of hydrogen-bond acceptors (Lipinski definition) is 5. The zero-order chi connectivity index (χ0) is 17.6. The van der Waals surface area contributed by atoms with Gasteiger partial charge in [-0.15, -0.1) is 0 Å². The van der Waals surface area contributed by atoms with Crippen LogP contribution in [0.5, 0.6) is 5.75 Å². The Morgan fingerprint density at radius 2 is 1.96 bits per heavy atom. The summed E-state index contributed by atoms with van der Waals surface area (Å²) in [5.74, 6) is 0.359. The van der Waals surface area contributed by atoms with Crippen molar-refractivity contribution in [2.24, 2.45) is 0 Å². The molecule has 0 aliphatic carbocycles. The van der Waals surface area contributed by atoms with Crippen LogP contribution in [0.2, 0.25) is 0 Å². The molecular weight excluding hydrogens is 338 g/mol. The Labute approximate surface area is 148 Å². The lowest BCUT2D eigenvalue weighted by Crippen LogP contribution is -2.27. The molecule has 0 fully saturated rings. The van der Waals surface area contributed by atoms with E-state index in [1.165, 1.54) is 11.3 Å². The second-order valence-electron chi connectivity index (χ2n) is 5.27. The normalized spacial score (nSPS) is 10.4. The molecular formula is C18H17N3O3S. The fourth-order valence-electron chi connectivity index (χ4n) is 2.25. The number of methoxy groups -OCH3 is 1. The van der Waals surface area contributed by atoms with Crippen LogP contribution in [0.1, 0.15) is 16.8 Å². The van der Waals surface area contributed by atoms with Gasteiger partial charge in [-0.25, -0.2) is 4.98 Å². The number of nitrogens with zero attached hydrogens (tertiary/aromatic N) is 1. The molecule has 0 radical (unpaired) electrons. The van der Waals surface area contributed by atoms with Crippen molar-refractivity contribution >= 4 is 38.5 Å². The first-order valence-corrected chi connectivity index (χ1v) is 8.55. The zero-order valence-corrected chi connectivity index (χ0v) is 14.4. The number of anilines is 1. The molecule has 0 saturated carbocycles. The van der Waals surface area contributed by atoms with Crippen molar-refractivity contribution in [2.75, 3.05) is 19.0 Å². The minimum Gasteiger partial charge on any atom is -0.497 e. The zero-order valence-electron chi connectivity index (χ0n) is 13.6. The third-order valence-electron chi connectivity index (χ3n) is 3.52. The molecule has 2 N–H and O–H groups in total. The summed E-state index contributed by atoms with van der Waals surface area (Å²) in [6.45, 7) is 0.262. The Bertz CT molecular complexity index is 893. The van der Waals surface area contributed by atoms with E-state index in [4.69, 9.17) is 4.74 Å². The smallest absolute Gasteiger partial charge is 0.251 e. The number of nitrogens with one attached hydrogen (secondary N) is 2. The van der Waals surface area contributed by atoms with Gasteiger partial charge in [-0.3, -0.25) is 9.59 Å². The van der Waals surface area contributed by atoms with Crippen LogP contribution in [0, 0.1) is 0 Å². The fraction of sp³-hybridized carbons (Fsp3) is 0.167. The molecule has 25 heavy (non-hydrogen) atoms.